The average molecular weight is 394 g/mol. The molecular formula is C21H23N5OS. The number of hydrogen-bond acceptors (Lipinski definition) is 6. The third-order valence-corrected chi connectivity index (χ3v) is 6.23. The molecule has 0 aliphatic carbocycles. The Balaban J connectivity index is 1.18. The van der Waals surface area contributed by atoms with Gasteiger partial charge in [-0.05, 0) is 37.1 Å². The summed E-state index contributed by atoms with van der Waals surface area (Å²) in [5.41, 5.74) is 1.02. The van der Waals surface area contributed by atoms with Crippen LogP contribution in [0.2, 0.25) is 0 Å². The van der Waals surface area contributed by atoms with E-state index in [1.54, 1.807) is 11.3 Å². The second kappa shape index (κ2) is 7.85. The molecule has 7 heteroatoms. The number of aromatic nitrogens is 4. The lowest BCUT2D eigenvalue weighted by Crippen LogP contribution is -2.18. The van der Waals surface area contributed by atoms with E-state index in [2.05, 4.69) is 31.1 Å². The molecule has 0 radical (unpaired) electrons. The summed E-state index contributed by atoms with van der Waals surface area (Å²) in [5.74, 6) is 4.01. The van der Waals surface area contributed by atoms with Gasteiger partial charge in [0, 0.05) is 25.9 Å². The van der Waals surface area contributed by atoms with Gasteiger partial charge in [-0.25, -0.2) is 4.98 Å². The van der Waals surface area contributed by atoms with Crippen LogP contribution in [0.5, 0.6) is 0 Å². The number of rotatable bonds is 6. The van der Waals surface area contributed by atoms with Crippen molar-refractivity contribution in [2.45, 2.75) is 45.2 Å². The van der Waals surface area contributed by atoms with E-state index >= 15 is 0 Å². The molecule has 6 nitrogen and oxygen atoms in total. The molecule has 3 aromatic heterocycles. The van der Waals surface area contributed by atoms with Gasteiger partial charge < -0.3 is 14.3 Å². The first kappa shape index (κ1) is 17.6. The summed E-state index contributed by atoms with van der Waals surface area (Å²) in [7, 11) is 0. The molecule has 1 aromatic carbocycles. The van der Waals surface area contributed by atoms with Crippen molar-refractivity contribution in [3.05, 3.63) is 53.8 Å². The van der Waals surface area contributed by atoms with Crippen LogP contribution in [-0.4, -0.2) is 26.3 Å². The van der Waals surface area contributed by atoms with Crippen LogP contribution in [0, 0.1) is 0 Å². The Morgan fingerprint density at radius 1 is 1.07 bits per heavy atom. The summed E-state index contributed by atoms with van der Waals surface area (Å²) in [4.78, 5) is 4.66. The molecule has 5 rings (SSSR count). The van der Waals surface area contributed by atoms with E-state index in [4.69, 9.17) is 4.42 Å². The Bertz CT molecular complexity index is 1050. The summed E-state index contributed by atoms with van der Waals surface area (Å²) in [6.07, 6.45) is 5.69. The smallest absolute Gasteiger partial charge is 0.163 e. The fraction of sp³-hybridized carbons (Fsp3) is 0.381. The summed E-state index contributed by atoms with van der Waals surface area (Å²) >= 11 is 1.66. The first-order valence-electron chi connectivity index (χ1n) is 9.93. The quantitative estimate of drug-likeness (QED) is 0.497. The Labute approximate surface area is 167 Å². The van der Waals surface area contributed by atoms with Gasteiger partial charge in [-0.2, -0.15) is 0 Å². The number of aryl methyl sites for hydroxylation is 1. The van der Waals surface area contributed by atoms with E-state index < -0.39 is 0 Å². The van der Waals surface area contributed by atoms with Crippen LogP contribution in [0.3, 0.4) is 0 Å². The average Bonchev–Trinajstić information content (AvgIpc) is 3.40. The molecule has 0 spiro atoms. The molecule has 0 amide bonds. The molecule has 1 aliphatic rings. The molecular weight excluding hydrogens is 370 g/mol. The number of nitrogens with one attached hydrogen (secondary N) is 1. The second-order valence-corrected chi connectivity index (χ2v) is 8.20. The third kappa shape index (κ3) is 3.59. The second-order valence-electron chi connectivity index (χ2n) is 7.17. The van der Waals surface area contributed by atoms with Crippen molar-refractivity contribution >= 4 is 21.6 Å². The molecule has 0 atom stereocenters. The summed E-state index contributed by atoms with van der Waals surface area (Å²) in [5, 5.41) is 13.2. The van der Waals surface area contributed by atoms with Gasteiger partial charge in [0.15, 0.2) is 10.8 Å². The van der Waals surface area contributed by atoms with Crippen LogP contribution < -0.4 is 5.32 Å². The molecule has 1 N–H and O–H groups in total. The highest BCUT2D eigenvalue weighted by atomic mass is 32.1. The van der Waals surface area contributed by atoms with Crippen molar-refractivity contribution in [2.75, 3.05) is 6.54 Å². The van der Waals surface area contributed by atoms with Gasteiger partial charge >= 0.3 is 0 Å². The highest BCUT2D eigenvalue weighted by Gasteiger charge is 2.14. The van der Waals surface area contributed by atoms with Crippen molar-refractivity contribution in [3.8, 4) is 10.8 Å². The van der Waals surface area contributed by atoms with Crippen molar-refractivity contribution in [1.82, 2.24) is 25.1 Å². The number of para-hydroxylation sites is 1. The lowest BCUT2D eigenvalue weighted by Gasteiger charge is -2.07. The van der Waals surface area contributed by atoms with Gasteiger partial charge in [0.25, 0.3) is 0 Å². The van der Waals surface area contributed by atoms with Gasteiger partial charge in [-0.3, -0.25) is 0 Å². The summed E-state index contributed by atoms with van der Waals surface area (Å²) in [6, 6.07) is 12.2. The third-order valence-electron chi connectivity index (χ3n) is 5.18. The molecule has 0 bridgehead atoms. The number of benzene rings is 1. The number of furan rings is 1. The van der Waals surface area contributed by atoms with Gasteiger partial charge in [-0.15, -0.1) is 21.5 Å². The maximum atomic E-state index is 6.00. The SMILES string of the molecule is c1ccc2sc(-c3ccc(CNCCc4nnc5n4CCCCC5)o3)nc2c1. The Kier molecular flexibility index (Phi) is 4.93. The minimum absolute atomic E-state index is 0.700. The van der Waals surface area contributed by atoms with E-state index in [0.29, 0.717) is 6.54 Å². The zero-order valence-corrected chi connectivity index (χ0v) is 16.5. The van der Waals surface area contributed by atoms with Crippen LogP contribution in [0.25, 0.3) is 21.0 Å². The Morgan fingerprint density at radius 3 is 3.00 bits per heavy atom. The molecule has 0 saturated carbocycles. The minimum Gasteiger partial charge on any atom is -0.457 e. The van der Waals surface area contributed by atoms with Crippen molar-refractivity contribution in [2.24, 2.45) is 0 Å². The van der Waals surface area contributed by atoms with E-state index in [0.717, 1.165) is 59.6 Å². The molecule has 1 aliphatic heterocycles. The monoisotopic (exact) mass is 393 g/mol. The predicted molar refractivity (Wildman–Crippen MR) is 110 cm³/mol. The molecule has 144 valence electrons. The number of thiazole rings is 1. The first-order valence-corrected chi connectivity index (χ1v) is 10.7. The summed E-state index contributed by atoms with van der Waals surface area (Å²) < 4.78 is 9.49. The van der Waals surface area contributed by atoms with Crippen molar-refractivity contribution < 1.29 is 4.42 Å². The zero-order valence-electron chi connectivity index (χ0n) is 15.7. The van der Waals surface area contributed by atoms with Crippen LogP contribution >= 0.6 is 11.3 Å². The van der Waals surface area contributed by atoms with E-state index in [1.165, 1.54) is 24.0 Å². The van der Waals surface area contributed by atoms with Gasteiger partial charge in [0.2, 0.25) is 0 Å². The number of nitrogens with zero attached hydrogens (tertiary/aromatic N) is 4. The molecule has 0 fully saturated rings. The fourth-order valence-corrected chi connectivity index (χ4v) is 4.63. The van der Waals surface area contributed by atoms with Crippen LogP contribution in [0.4, 0.5) is 0 Å². The standard InChI is InChI=1S/C21H23N5OS/c1-2-8-19-24-25-20(26(19)13-5-1)11-12-22-14-15-9-10-17(27-15)21-23-16-6-3-4-7-18(16)28-21/h3-4,6-7,9-10,22H,1-2,5,8,11-14H2. The predicted octanol–water partition coefficient (Wildman–Crippen LogP) is 4.21. The fourth-order valence-electron chi connectivity index (χ4n) is 3.71. The van der Waals surface area contributed by atoms with Gasteiger partial charge in [0.1, 0.15) is 17.4 Å². The maximum Gasteiger partial charge on any atom is 0.163 e. The number of hydrogen-bond donors (Lipinski definition) is 1. The van der Waals surface area contributed by atoms with E-state index in [-0.39, 0.29) is 0 Å². The Morgan fingerprint density at radius 2 is 2.04 bits per heavy atom. The highest BCUT2D eigenvalue weighted by Crippen LogP contribution is 2.31. The van der Waals surface area contributed by atoms with Crippen LogP contribution in [-0.2, 0) is 25.9 Å². The lowest BCUT2D eigenvalue weighted by atomic mass is 10.2. The van der Waals surface area contributed by atoms with E-state index in [1.807, 2.05) is 30.3 Å². The van der Waals surface area contributed by atoms with E-state index in [9.17, 15) is 0 Å². The highest BCUT2D eigenvalue weighted by molar-refractivity contribution is 7.21. The Hall–Kier alpha value is -2.51. The molecule has 28 heavy (non-hydrogen) atoms. The minimum atomic E-state index is 0.700. The van der Waals surface area contributed by atoms with Crippen molar-refractivity contribution in [3.63, 3.8) is 0 Å². The molecule has 0 unspecified atom stereocenters. The van der Waals surface area contributed by atoms with Crippen LogP contribution in [0.1, 0.15) is 36.7 Å². The lowest BCUT2D eigenvalue weighted by molar-refractivity contribution is 0.491. The maximum absolute atomic E-state index is 6.00. The van der Waals surface area contributed by atoms with Crippen molar-refractivity contribution in [1.29, 1.82) is 0 Å². The first-order chi connectivity index (χ1) is 13.9. The van der Waals surface area contributed by atoms with Gasteiger partial charge in [0.05, 0.1) is 16.8 Å². The number of fused-ring (bicyclic) bond motifs is 2. The zero-order chi connectivity index (χ0) is 18.8. The topological polar surface area (TPSA) is 68.8 Å². The van der Waals surface area contributed by atoms with Gasteiger partial charge in [-0.1, -0.05) is 18.6 Å². The molecule has 4 heterocycles. The summed E-state index contributed by atoms with van der Waals surface area (Å²) in [6.45, 7) is 2.61. The normalized spacial score (nSPS) is 14.3. The van der Waals surface area contributed by atoms with Crippen LogP contribution in [0.15, 0.2) is 40.8 Å². The molecule has 0 saturated heterocycles. The molecule has 4 aromatic rings. The largest absolute Gasteiger partial charge is 0.457 e.